The maximum atomic E-state index is 11.6. The van der Waals surface area contributed by atoms with E-state index in [4.69, 9.17) is 4.74 Å². The van der Waals surface area contributed by atoms with Gasteiger partial charge in [-0.3, -0.25) is 9.78 Å². The summed E-state index contributed by atoms with van der Waals surface area (Å²) in [4.78, 5) is 26.7. The van der Waals surface area contributed by atoms with Crippen molar-refractivity contribution in [1.29, 1.82) is 0 Å². The summed E-state index contributed by atoms with van der Waals surface area (Å²) in [5.41, 5.74) is 0.577. The molecule has 0 fully saturated rings. The average molecular weight is 252 g/mol. The van der Waals surface area contributed by atoms with Crippen LogP contribution < -0.4 is 5.32 Å². The highest BCUT2D eigenvalue weighted by molar-refractivity contribution is 5.94. The third-order valence-corrected chi connectivity index (χ3v) is 2.23. The van der Waals surface area contributed by atoms with E-state index in [1.165, 1.54) is 25.4 Å². The molecule has 0 atom stereocenters. The van der Waals surface area contributed by atoms with Gasteiger partial charge >= 0.3 is 5.97 Å². The van der Waals surface area contributed by atoms with E-state index in [2.05, 4.69) is 15.0 Å². The lowest BCUT2D eigenvalue weighted by molar-refractivity contribution is 0.0599. The zero-order chi connectivity index (χ0) is 13.4. The van der Waals surface area contributed by atoms with Gasteiger partial charge in [0.25, 0.3) is 5.91 Å². The number of esters is 1. The molecule has 1 N–H and O–H groups in total. The zero-order valence-electron chi connectivity index (χ0n) is 10.4. The molecular formula is C12H16N2O4. The number of hydrogen-bond acceptors (Lipinski definition) is 5. The van der Waals surface area contributed by atoms with Gasteiger partial charge in [0.2, 0.25) is 0 Å². The van der Waals surface area contributed by atoms with Crippen LogP contribution in [-0.2, 0) is 9.47 Å². The molecule has 0 aromatic carbocycles. The van der Waals surface area contributed by atoms with Crippen molar-refractivity contribution in [2.75, 3.05) is 27.4 Å². The number of ether oxygens (including phenoxy) is 2. The van der Waals surface area contributed by atoms with Gasteiger partial charge in [0, 0.05) is 26.5 Å². The van der Waals surface area contributed by atoms with Gasteiger partial charge in [0.05, 0.1) is 12.7 Å². The molecule has 1 heterocycles. The highest BCUT2D eigenvalue weighted by Crippen LogP contribution is 2.02. The minimum atomic E-state index is -0.477. The summed E-state index contributed by atoms with van der Waals surface area (Å²) in [6, 6.07) is 2.99. The van der Waals surface area contributed by atoms with Crippen LogP contribution in [0.5, 0.6) is 0 Å². The summed E-state index contributed by atoms with van der Waals surface area (Å²) < 4.78 is 9.40. The number of carbonyl (C=O) groups excluding carboxylic acids is 2. The number of nitrogens with zero attached hydrogens (tertiary/aromatic N) is 1. The summed E-state index contributed by atoms with van der Waals surface area (Å²) in [5, 5.41) is 2.70. The van der Waals surface area contributed by atoms with E-state index in [0.29, 0.717) is 18.7 Å². The smallest absolute Gasteiger partial charge is 0.339 e. The Bertz CT molecular complexity index is 403. The fourth-order valence-electron chi connectivity index (χ4n) is 1.28. The fraction of sp³-hybridized carbons (Fsp3) is 0.417. The lowest BCUT2D eigenvalue weighted by atomic mass is 10.2. The Balaban J connectivity index is 2.51. The van der Waals surface area contributed by atoms with Crippen molar-refractivity contribution in [3.05, 3.63) is 29.6 Å². The van der Waals surface area contributed by atoms with Crippen LogP contribution in [0.4, 0.5) is 0 Å². The van der Waals surface area contributed by atoms with Crippen molar-refractivity contribution >= 4 is 11.9 Å². The van der Waals surface area contributed by atoms with Crippen molar-refractivity contribution in [3.8, 4) is 0 Å². The highest BCUT2D eigenvalue weighted by atomic mass is 16.5. The number of methoxy groups -OCH3 is 2. The maximum Gasteiger partial charge on any atom is 0.339 e. The molecule has 0 radical (unpaired) electrons. The maximum absolute atomic E-state index is 11.6. The first-order valence-corrected chi connectivity index (χ1v) is 5.50. The number of carbonyl (C=O) groups is 2. The second-order valence-electron chi connectivity index (χ2n) is 3.53. The van der Waals surface area contributed by atoms with Gasteiger partial charge < -0.3 is 14.8 Å². The number of nitrogens with one attached hydrogen (secondary N) is 1. The Hall–Kier alpha value is -1.95. The molecule has 0 aliphatic heterocycles. The normalized spacial score (nSPS) is 9.89. The number of pyridine rings is 1. The van der Waals surface area contributed by atoms with E-state index in [-0.39, 0.29) is 11.6 Å². The fourth-order valence-corrected chi connectivity index (χ4v) is 1.28. The summed E-state index contributed by atoms with van der Waals surface area (Å²) in [6.45, 7) is 1.11. The van der Waals surface area contributed by atoms with Gasteiger partial charge in [-0.15, -0.1) is 0 Å². The topological polar surface area (TPSA) is 77.5 Å². The predicted octanol–water partition coefficient (Wildman–Crippen LogP) is 0.634. The largest absolute Gasteiger partial charge is 0.465 e. The van der Waals surface area contributed by atoms with E-state index >= 15 is 0 Å². The third-order valence-electron chi connectivity index (χ3n) is 2.23. The van der Waals surface area contributed by atoms with Crippen molar-refractivity contribution in [1.82, 2.24) is 10.3 Å². The Morgan fingerprint density at radius 3 is 2.67 bits per heavy atom. The highest BCUT2D eigenvalue weighted by Gasteiger charge is 2.09. The molecule has 0 aliphatic rings. The molecule has 18 heavy (non-hydrogen) atoms. The van der Waals surface area contributed by atoms with E-state index < -0.39 is 5.97 Å². The van der Waals surface area contributed by atoms with Crippen LogP contribution in [0.15, 0.2) is 18.3 Å². The molecule has 0 aliphatic carbocycles. The first kappa shape index (κ1) is 14.1. The summed E-state index contributed by atoms with van der Waals surface area (Å²) in [6.07, 6.45) is 2.05. The minimum absolute atomic E-state index is 0.264. The molecule has 0 saturated heterocycles. The van der Waals surface area contributed by atoms with Crippen LogP contribution in [0.25, 0.3) is 0 Å². The van der Waals surface area contributed by atoms with Crippen molar-refractivity contribution < 1.29 is 19.1 Å². The minimum Gasteiger partial charge on any atom is -0.465 e. The van der Waals surface area contributed by atoms with Crippen LogP contribution in [0.3, 0.4) is 0 Å². The monoisotopic (exact) mass is 252 g/mol. The Kier molecular flexibility index (Phi) is 5.79. The van der Waals surface area contributed by atoms with E-state index in [0.717, 1.165) is 6.42 Å². The van der Waals surface area contributed by atoms with Gasteiger partial charge in [-0.1, -0.05) is 0 Å². The molecule has 1 amide bonds. The summed E-state index contributed by atoms with van der Waals surface area (Å²) in [7, 11) is 2.90. The molecule has 98 valence electrons. The zero-order valence-corrected chi connectivity index (χ0v) is 10.4. The van der Waals surface area contributed by atoms with Crippen molar-refractivity contribution in [3.63, 3.8) is 0 Å². The lowest BCUT2D eigenvalue weighted by Gasteiger charge is -2.04. The third kappa shape index (κ3) is 4.14. The van der Waals surface area contributed by atoms with Gasteiger partial charge in [-0.25, -0.2) is 4.79 Å². The molecule has 0 bridgehead atoms. The van der Waals surface area contributed by atoms with Gasteiger partial charge in [0.1, 0.15) is 5.69 Å². The molecule has 0 unspecified atom stereocenters. The molecule has 1 aromatic heterocycles. The molecule has 1 aromatic rings. The Labute approximate surface area is 105 Å². The Morgan fingerprint density at radius 2 is 2.11 bits per heavy atom. The van der Waals surface area contributed by atoms with E-state index in [1.807, 2.05) is 0 Å². The lowest BCUT2D eigenvalue weighted by Crippen LogP contribution is -2.26. The number of amides is 1. The van der Waals surface area contributed by atoms with Crippen LogP contribution in [0, 0.1) is 0 Å². The molecule has 1 rings (SSSR count). The first-order chi connectivity index (χ1) is 8.69. The number of aromatic nitrogens is 1. The summed E-state index contributed by atoms with van der Waals surface area (Å²) in [5.74, 6) is -0.753. The van der Waals surface area contributed by atoms with Crippen LogP contribution in [0.2, 0.25) is 0 Å². The molecule has 6 nitrogen and oxygen atoms in total. The first-order valence-electron chi connectivity index (χ1n) is 5.50. The molecule has 6 heteroatoms. The van der Waals surface area contributed by atoms with Crippen molar-refractivity contribution in [2.24, 2.45) is 0 Å². The van der Waals surface area contributed by atoms with E-state index in [1.54, 1.807) is 7.11 Å². The van der Waals surface area contributed by atoms with Crippen LogP contribution >= 0.6 is 0 Å². The number of rotatable bonds is 6. The van der Waals surface area contributed by atoms with Crippen molar-refractivity contribution in [2.45, 2.75) is 6.42 Å². The van der Waals surface area contributed by atoms with Crippen LogP contribution in [0.1, 0.15) is 27.3 Å². The SMILES string of the molecule is COCCCNC(=O)c1ccc(C(=O)OC)cn1. The average Bonchev–Trinajstić information content (AvgIpc) is 2.42. The standard InChI is InChI=1S/C12H16N2O4/c1-17-7-3-6-13-11(15)10-5-4-9(8-14-10)12(16)18-2/h4-5,8H,3,6-7H2,1-2H3,(H,13,15). The van der Waals surface area contributed by atoms with Gasteiger partial charge in [0.15, 0.2) is 0 Å². The Morgan fingerprint density at radius 1 is 1.33 bits per heavy atom. The van der Waals surface area contributed by atoms with Gasteiger partial charge in [-0.2, -0.15) is 0 Å². The van der Waals surface area contributed by atoms with E-state index in [9.17, 15) is 9.59 Å². The molecule has 0 saturated carbocycles. The van der Waals surface area contributed by atoms with Gasteiger partial charge in [-0.05, 0) is 18.6 Å². The summed E-state index contributed by atoms with van der Waals surface area (Å²) >= 11 is 0. The molecule has 0 spiro atoms. The van der Waals surface area contributed by atoms with Crippen LogP contribution in [-0.4, -0.2) is 44.2 Å². The second kappa shape index (κ2) is 7.39. The quantitative estimate of drug-likeness (QED) is 0.593. The predicted molar refractivity (Wildman–Crippen MR) is 64.4 cm³/mol. The molecular weight excluding hydrogens is 236 g/mol. The second-order valence-corrected chi connectivity index (χ2v) is 3.53. The number of hydrogen-bond donors (Lipinski definition) is 1.